The Morgan fingerprint density at radius 1 is 1.31 bits per heavy atom. The number of thioether (sulfide) groups is 1. The molecule has 1 aliphatic heterocycles. The fourth-order valence-corrected chi connectivity index (χ4v) is 4.14. The summed E-state index contributed by atoms with van der Waals surface area (Å²) in [4.78, 5) is 30.5. The number of aliphatic hydroxyl groups excluding tert-OH is 2. The van der Waals surface area contributed by atoms with Gasteiger partial charge in [0.1, 0.15) is 23.8 Å². The lowest BCUT2D eigenvalue weighted by molar-refractivity contribution is -0.0504. The van der Waals surface area contributed by atoms with Gasteiger partial charge in [-0.3, -0.25) is 9.09 Å². The van der Waals surface area contributed by atoms with Gasteiger partial charge in [0, 0.05) is 5.75 Å². The van der Waals surface area contributed by atoms with Gasteiger partial charge in [-0.05, 0) is 6.42 Å². The lowest BCUT2D eigenvalue weighted by atomic mass is 10.1. The standard InChI is InChI=1S/C15H24N5O7PS/c1-2-3-4-5-29-15-18-12(16)9-13(19-15)20(7-17-9)14-11(22)10(21)8(27-14)6-26-28(23,24)25/h7-8,10-11,14,21-22H,2-6H2,1H3,(H2,16,18,19)(H2,23,24,25)/t8-,10-,11-,14-/m1/s1. The number of rotatable bonds is 9. The second-order valence-electron chi connectivity index (χ2n) is 6.60. The van der Waals surface area contributed by atoms with E-state index in [0.29, 0.717) is 16.3 Å². The van der Waals surface area contributed by atoms with Gasteiger partial charge in [0.05, 0.1) is 12.9 Å². The van der Waals surface area contributed by atoms with Crippen LogP contribution in [0.3, 0.4) is 0 Å². The predicted molar refractivity (Wildman–Crippen MR) is 104 cm³/mol. The number of nitrogens with two attached hydrogens (primary N) is 1. The van der Waals surface area contributed by atoms with Crippen molar-refractivity contribution < 1.29 is 33.8 Å². The maximum atomic E-state index is 10.9. The van der Waals surface area contributed by atoms with E-state index in [2.05, 4.69) is 26.4 Å². The van der Waals surface area contributed by atoms with Gasteiger partial charge < -0.3 is 30.5 Å². The molecule has 14 heteroatoms. The molecule has 0 radical (unpaired) electrons. The largest absolute Gasteiger partial charge is 0.469 e. The van der Waals surface area contributed by atoms with E-state index in [4.69, 9.17) is 20.3 Å². The summed E-state index contributed by atoms with van der Waals surface area (Å²) in [5.41, 5.74) is 6.63. The molecule has 0 spiro atoms. The van der Waals surface area contributed by atoms with E-state index in [1.165, 1.54) is 22.7 Å². The Morgan fingerprint density at radius 2 is 2.07 bits per heavy atom. The molecular formula is C15H24N5O7PS. The number of imidazole rings is 1. The molecule has 0 bridgehead atoms. The minimum absolute atomic E-state index is 0.182. The van der Waals surface area contributed by atoms with Crippen molar-refractivity contribution in [1.29, 1.82) is 0 Å². The van der Waals surface area contributed by atoms with Crippen LogP contribution in [0.15, 0.2) is 11.5 Å². The van der Waals surface area contributed by atoms with Gasteiger partial charge in [-0.1, -0.05) is 31.5 Å². The number of fused-ring (bicyclic) bond motifs is 1. The molecule has 12 nitrogen and oxygen atoms in total. The highest BCUT2D eigenvalue weighted by Gasteiger charge is 2.45. The SMILES string of the molecule is CCCCCSc1nc(N)c2ncn([C@@H]3O[C@H](COP(=O)(O)O)[C@@H](O)[C@H]3O)c2n1. The highest BCUT2D eigenvalue weighted by Crippen LogP contribution is 2.39. The number of phosphoric ester groups is 1. The van der Waals surface area contributed by atoms with Gasteiger partial charge in [0.15, 0.2) is 22.8 Å². The third kappa shape index (κ3) is 5.25. The molecule has 4 atom stereocenters. The molecule has 0 aliphatic carbocycles. The maximum absolute atomic E-state index is 10.9. The van der Waals surface area contributed by atoms with Crippen molar-refractivity contribution in [3.05, 3.63) is 6.33 Å². The summed E-state index contributed by atoms with van der Waals surface area (Å²) in [5, 5.41) is 21.0. The van der Waals surface area contributed by atoms with Crippen molar-refractivity contribution in [2.24, 2.45) is 0 Å². The zero-order chi connectivity index (χ0) is 21.2. The van der Waals surface area contributed by atoms with Crippen molar-refractivity contribution in [3.8, 4) is 0 Å². The summed E-state index contributed by atoms with van der Waals surface area (Å²) in [6, 6.07) is 0. The first-order valence-electron chi connectivity index (χ1n) is 9.05. The van der Waals surface area contributed by atoms with E-state index >= 15 is 0 Å². The first-order valence-corrected chi connectivity index (χ1v) is 11.6. The molecule has 162 valence electrons. The second kappa shape index (κ2) is 9.23. The average Bonchev–Trinajstić information content (AvgIpc) is 3.19. The highest BCUT2D eigenvalue weighted by atomic mass is 32.2. The first kappa shape index (κ1) is 22.4. The number of nitrogens with zero attached hydrogens (tertiary/aromatic N) is 4. The molecule has 1 aliphatic rings. The minimum Gasteiger partial charge on any atom is -0.387 e. The summed E-state index contributed by atoms with van der Waals surface area (Å²) >= 11 is 1.45. The summed E-state index contributed by atoms with van der Waals surface area (Å²) in [6.45, 7) is 1.52. The minimum atomic E-state index is -4.74. The van der Waals surface area contributed by atoms with E-state index < -0.39 is 39.0 Å². The third-order valence-electron chi connectivity index (χ3n) is 4.43. The number of unbranched alkanes of at least 4 members (excludes halogenated alkanes) is 2. The quantitative estimate of drug-likeness (QED) is 0.154. The van der Waals surface area contributed by atoms with Gasteiger partial charge >= 0.3 is 7.82 Å². The molecule has 1 saturated heterocycles. The first-order chi connectivity index (χ1) is 13.7. The number of nitrogen functional groups attached to an aromatic ring is 1. The van der Waals surface area contributed by atoms with Crippen molar-refractivity contribution in [3.63, 3.8) is 0 Å². The van der Waals surface area contributed by atoms with Crippen molar-refractivity contribution in [2.45, 2.75) is 55.9 Å². The van der Waals surface area contributed by atoms with Crippen molar-refractivity contribution in [2.75, 3.05) is 18.1 Å². The highest BCUT2D eigenvalue weighted by molar-refractivity contribution is 7.99. The van der Waals surface area contributed by atoms with Crippen LogP contribution in [0.25, 0.3) is 11.2 Å². The second-order valence-corrected chi connectivity index (χ2v) is 8.91. The molecule has 0 aromatic carbocycles. The van der Waals surface area contributed by atoms with Crippen LogP contribution in [-0.2, 0) is 13.8 Å². The van der Waals surface area contributed by atoms with Crippen molar-refractivity contribution in [1.82, 2.24) is 19.5 Å². The van der Waals surface area contributed by atoms with Crippen LogP contribution >= 0.6 is 19.6 Å². The van der Waals surface area contributed by atoms with E-state index in [1.54, 1.807) is 0 Å². The van der Waals surface area contributed by atoms with Gasteiger partial charge in [0.2, 0.25) is 0 Å². The maximum Gasteiger partial charge on any atom is 0.469 e. The number of aliphatic hydroxyl groups is 2. The Bertz CT molecular complexity index is 893. The number of aromatic nitrogens is 4. The van der Waals surface area contributed by atoms with Crippen LogP contribution in [0.4, 0.5) is 5.82 Å². The zero-order valence-corrected chi connectivity index (χ0v) is 17.4. The number of ether oxygens (including phenoxy) is 1. The van der Waals surface area contributed by atoms with E-state index in [-0.39, 0.29) is 5.82 Å². The number of phosphoric acid groups is 1. The van der Waals surface area contributed by atoms with Crippen LogP contribution in [0.5, 0.6) is 0 Å². The Kier molecular flexibility index (Phi) is 7.12. The van der Waals surface area contributed by atoms with Crippen LogP contribution in [0.1, 0.15) is 32.4 Å². The predicted octanol–water partition coefficient (Wildman–Crippen LogP) is 0.419. The van der Waals surface area contributed by atoms with E-state index in [0.717, 1.165) is 25.0 Å². The normalized spacial score (nSPS) is 25.1. The Balaban J connectivity index is 1.81. The molecule has 0 amide bonds. The Labute approximate surface area is 170 Å². The summed E-state index contributed by atoms with van der Waals surface area (Å²) in [5.74, 6) is 1.01. The van der Waals surface area contributed by atoms with Gasteiger partial charge in [-0.25, -0.2) is 19.5 Å². The molecule has 0 unspecified atom stereocenters. The van der Waals surface area contributed by atoms with Gasteiger partial charge in [-0.2, -0.15) is 0 Å². The monoisotopic (exact) mass is 449 g/mol. The Hall–Kier alpha value is -1.31. The molecule has 0 saturated carbocycles. The summed E-state index contributed by atoms with van der Waals surface area (Å²) < 4.78 is 22.3. The van der Waals surface area contributed by atoms with Crippen LogP contribution in [-0.4, -0.2) is 70.2 Å². The summed E-state index contributed by atoms with van der Waals surface area (Å²) in [6.07, 6.45) is -0.494. The molecular weight excluding hydrogens is 425 g/mol. The Morgan fingerprint density at radius 3 is 2.76 bits per heavy atom. The third-order valence-corrected chi connectivity index (χ3v) is 5.84. The smallest absolute Gasteiger partial charge is 0.387 e. The molecule has 3 rings (SSSR count). The van der Waals surface area contributed by atoms with Crippen LogP contribution < -0.4 is 5.73 Å². The average molecular weight is 449 g/mol. The topological polar surface area (TPSA) is 186 Å². The van der Waals surface area contributed by atoms with Crippen molar-refractivity contribution >= 4 is 36.6 Å². The molecule has 2 aromatic rings. The molecule has 3 heterocycles. The fourth-order valence-electron chi connectivity index (χ4n) is 2.95. The van der Waals surface area contributed by atoms with Gasteiger partial charge in [-0.15, -0.1) is 0 Å². The number of hydrogen-bond donors (Lipinski definition) is 5. The lowest BCUT2D eigenvalue weighted by Gasteiger charge is -2.17. The fraction of sp³-hybridized carbons (Fsp3) is 0.667. The number of anilines is 1. The number of hydrogen-bond acceptors (Lipinski definition) is 10. The van der Waals surface area contributed by atoms with Gasteiger partial charge in [0.25, 0.3) is 0 Å². The molecule has 1 fully saturated rings. The molecule has 2 aromatic heterocycles. The molecule has 29 heavy (non-hydrogen) atoms. The van der Waals surface area contributed by atoms with Crippen LogP contribution in [0.2, 0.25) is 0 Å². The lowest BCUT2D eigenvalue weighted by Crippen LogP contribution is -2.33. The van der Waals surface area contributed by atoms with E-state index in [1.807, 2.05) is 0 Å². The van der Waals surface area contributed by atoms with E-state index in [9.17, 15) is 14.8 Å². The van der Waals surface area contributed by atoms with Crippen LogP contribution in [0, 0.1) is 0 Å². The summed E-state index contributed by atoms with van der Waals surface area (Å²) in [7, 11) is -4.74. The zero-order valence-electron chi connectivity index (χ0n) is 15.7. The molecule has 6 N–H and O–H groups in total.